The van der Waals surface area contributed by atoms with Gasteiger partial charge in [0.25, 0.3) is 11.8 Å². The molecular weight excluding hydrogens is 473 g/mol. The van der Waals surface area contributed by atoms with Crippen LogP contribution in [0, 0.1) is 0 Å². The van der Waals surface area contributed by atoms with Crippen molar-refractivity contribution in [3.63, 3.8) is 0 Å². The van der Waals surface area contributed by atoms with Gasteiger partial charge in [0.05, 0.1) is 21.4 Å². The van der Waals surface area contributed by atoms with Gasteiger partial charge in [0, 0.05) is 24.0 Å². The summed E-state index contributed by atoms with van der Waals surface area (Å²) in [4.78, 5) is 27.1. The molecule has 0 saturated carbocycles. The molecule has 0 aliphatic carbocycles. The van der Waals surface area contributed by atoms with Gasteiger partial charge in [-0.2, -0.15) is 0 Å². The summed E-state index contributed by atoms with van der Waals surface area (Å²) in [7, 11) is 0. The topological polar surface area (TPSA) is 116 Å². The molecule has 1 fully saturated rings. The number of aliphatic hydroxyl groups is 1. The first kappa shape index (κ1) is 22.8. The average molecular weight is 494 g/mol. The zero-order chi connectivity index (χ0) is 23.0. The van der Waals surface area contributed by atoms with Crippen molar-refractivity contribution in [3.8, 4) is 5.75 Å². The fourth-order valence-electron chi connectivity index (χ4n) is 3.85. The molecule has 2 heterocycles. The van der Waals surface area contributed by atoms with Gasteiger partial charge in [-0.25, -0.2) is 0 Å². The fourth-order valence-corrected chi connectivity index (χ4v) is 5.54. The minimum atomic E-state index is -0.747. The molecule has 4 rings (SSSR count). The zero-order valence-corrected chi connectivity index (χ0v) is 19.2. The van der Waals surface area contributed by atoms with Crippen molar-refractivity contribution < 1.29 is 19.8 Å². The molecule has 1 atom stereocenters. The van der Waals surface area contributed by atoms with E-state index in [1.165, 1.54) is 6.07 Å². The maximum atomic E-state index is 12.8. The second kappa shape index (κ2) is 9.25. The number of rotatable bonds is 5. The van der Waals surface area contributed by atoms with Gasteiger partial charge in [-0.15, -0.1) is 11.3 Å². The summed E-state index contributed by atoms with van der Waals surface area (Å²) in [6.07, 6.45) is 1.50. The Labute approximate surface area is 198 Å². The predicted octanol–water partition coefficient (Wildman–Crippen LogP) is 4.22. The van der Waals surface area contributed by atoms with Gasteiger partial charge in [0.2, 0.25) is 0 Å². The van der Waals surface area contributed by atoms with Crippen molar-refractivity contribution >= 4 is 61.4 Å². The highest BCUT2D eigenvalue weighted by atomic mass is 35.5. The molecule has 10 heteroatoms. The number of carbonyl (C=O) groups excluding carboxylic acids is 2. The maximum Gasteiger partial charge on any atom is 0.256 e. The standard InChI is InChI=1S/C22H21Cl2N3O4S/c23-15-8-14-16(20(25)30)22(32-19(14)17(24)18(15)29)26-21(31)12-5-3-11(4-6-12)9-27-7-1-2-13(28)10-27/h3-6,8,13,28-29H,1-2,7,9-10H2,(H2,25,30)(H,26,31). The minimum Gasteiger partial charge on any atom is -0.505 e. The van der Waals surface area contributed by atoms with Crippen LogP contribution in [0.25, 0.3) is 10.1 Å². The second-order valence-electron chi connectivity index (χ2n) is 7.75. The van der Waals surface area contributed by atoms with Gasteiger partial charge in [0.15, 0.2) is 5.75 Å². The van der Waals surface area contributed by atoms with E-state index in [9.17, 15) is 19.8 Å². The number of anilines is 1. The molecule has 0 radical (unpaired) electrons. The van der Waals surface area contributed by atoms with Crippen LogP contribution in [0.1, 0.15) is 39.1 Å². The molecule has 32 heavy (non-hydrogen) atoms. The summed E-state index contributed by atoms with van der Waals surface area (Å²) >= 11 is 13.2. The van der Waals surface area contributed by atoms with Crippen molar-refractivity contribution in [2.45, 2.75) is 25.5 Å². The van der Waals surface area contributed by atoms with Crippen molar-refractivity contribution in [2.24, 2.45) is 5.73 Å². The van der Waals surface area contributed by atoms with E-state index in [0.29, 0.717) is 28.7 Å². The van der Waals surface area contributed by atoms with Crippen LogP contribution in [0.3, 0.4) is 0 Å². The number of fused-ring (bicyclic) bond motifs is 1. The Hall–Kier alpha value is -2.36. The zero-order valence-electron chi connectivity index (χ0n) is 16.9. The number of β-amino-alcohol motifs (C(OH)–C–C–N with tert-alkyl or cyclic N) is 1. The van der Waals surface area contributed by atoms with E-state index >= 15 is 0 Å². The number of piperidine rings is 1. The smallest absolute Gasteiger partial charge is 0.256 e. The highest BCUT2D eigenvalue weighted by Crippen LogP contribution is 2.46. The van der Waals surface area contributed by atoms with E-state index in [0.717, 1.165) is 36.3 Å². The molecule has 7 nitrogen and oxygen atoms in total. The Morgan fingerprint density at radius 3 is 2.62 bits per heavy atom. The van der Waals surface area contributed by atoms with E-state index in [1.807, 2.05) is 12.1 Å². The molecule has 1 saturated heterocycles. The fraction of sp³-hybridized carbons (Fsp3) is 0.273. The van der Waals surface area contributed by atoms with Crippen LogP contribution in [-0.4, -0.2) is 46.1 Å². The number of amides is 2. The minimum absolute atomic E-state index is 0.00678. The van der Waals surface area contributed by atoms with Crippen molar-refractivity contribution in [3.05, 3.63) is 57.1 Å². The number of likely N-dealkylation sites (tertiary alicyclic amines) is 1. The number of aromatic hydroxyl groups is 1. The van der Waals surface area contributed by atoms with Gasteiger partial charge >= 0.3 is 0 Å². The van der Waals surface area contributed by atoms with Crippen molar-refractivity contribution in [2.75, 3.05) is 18.4 Å². The number of nitrogens with two attached hydrogens (primary N) is 1. The number of nitrogens with one attached hydrogen (secondary N) is 1. The summed E-state index contributed by atoms with van der Waals surface area (Å²) in [6.45, 7) is 2.28. The van der Waals surface area contributed by atoms with Crippen LogP contribution in [-0.2, 0) is 6.54 Å². The molecule has 1 aliphatic heterocycles. The lowest BCUT2D eigenvalue weighted by Crippen LogP contribution is -2.37. The van der Waals surface area contributed by atoms with Gasteiger partial charge in [-0.1, -0.05) is 35.3 Å². The molecule has 1 unspecified atom stereocenters. The quantitative estimate of drug-likeness (QED) is 0.424. The Bertz CT molecular complexity index is 1200. The van der Waals surface area contributed by atoms with Crippen molar-refractivity contribution in [1.29, 1.82) is 0 Å². The van der Waals surface area contributed by atoms with Crippen LogP contribution >= 0.6 is 34.5 Å². The molecule has 0 bridgehead atoms. The van der Waals surface area contributed by atoms with E-state index in [-0.39, 0.29) is 32.5 Å². The van der Waals surface area contributed by atoms with Crippen LogP contribution in [0.5, 0.6) is 5.75 Å². The van der Waals surface area contributed by atoms with Gasteiger partial charge in [-0.05, 0) is 43.1 Å². The van der Waals surface area contributed by atoms with Crippen LogP contribution in [0.2, 0.25) is 10.0 Å². The van der Waals surface area contributed by atoms with Crippen LogP contribution in [0.15, 0.2) is 30.3 Å². The summed E-state index contributed by atoms with van der Waals surface area (Å²) in [6, 6.07) is 8.54. The van der Waals surface area contributed by atoms with Crippen LogP contribution < -0.4 is 11.1 Å². The Kier molecular flexibility index (Phi) is 6.60. The summed E-state index contributed by atoms with van der Waals surface area (Å²) < 4.78 is 0.400. The molecule has 2 aromatic carbocycles. The number of thiophene rings is 1. The Morgan fingerprint density at radius 1 is 1.25 bits per heavy atom. The number of primary amides is 1. The molecule has 1 aliphatic rings. The number of carbonyl (C=O) groups is 2. The highest BCUT2D eigenvalue weighted by Gasteiger charge is 2.23. The SMILES string of the molecule is NC(=O)c1c(NC(=O)c2ccc(CN3CCCC(O)C3)cc2)sc2c(Cl)c(O)c(Cl)cc12. The lowest BCUT2D eigenvalue weighted by molar-refractivity contribution is 0.0668. The number of phenolic OH excluding ortho intramolecular Hbond substituents is 1. The molecule has 5 N–H and O–H groups in total. The number of halogens is 2. The predicted molar refractivity (Wildman–Crippen MR) is 127 cm³/mol. The van der Waals surface area contributed by atoms with E-state index in [4.69, 9.17) is 28.9 Å². The van der Waals surface area contributed by atoms with E-state index in [2.05, 4.69) is 10.2 Å². The first-order chi connectivity index (χ1) is 15.2. The van der Waals surface area contributed by atoms with Gasteiger partial charge < -0.3 is 21.3 Å². The number of hydrogen-bond acceptors (Lipinski definition) is 6. The van der Waals surface area contributed by atoms with Crippen molar-refractivity contribution in [1.82, 2.24) is 4.90 Å². The first-order valence-electron chi connectivity index (χ1n) is 9.98. The number of benzene rings is 2. The molecule has 3 aromatic rings. The highest BCUT2D eigenvalue weighted by molar-refractivity contribution is 7.24. The van der Waals surface area contributed by atoms with Gasteiger partial charge in [0.1, 0.15) is 10.0 Å². The summed E-state index contributed by atoms with van der Waals surface area (Å²) in [5, 5.41) is 23.1. The third-order valence-electron chi connectivity index (χ3n) is 5.43. The summed E-state index contributed by atoms with van der Waals surface area (Å²) in [5.74, 6) is -1.46. The Balaban J connectivity index is 1.55. The third-order valence-corrected chi connectivity index (χ3v) is 7.33. The lowest BCUT2D eigenvalue weighted by Gasteiger charge is -2.29. The number of aliphatic hydroxyl groups excluding tert-OH is 1. The third kappa shape index (κ3) is 4.55. The van der Waals surface area contributed by atoms with Gasteiger partial charge in [-0.3, -0.25) is 14.5 Å². The largest absolute Gasteiger partial charge is 0.505 e. The number of nitrogens with zero attached hydrogens (tertiary/aromatic N) is 1. The first-order valence-corrected chi connectivity index (χ1v) is 11.6. The Morgan fingerprint density at radius 2 is 1.97 bits per heavy atom. The van der Waals surface area contributed by atoms with E-state index < -0.39 is 11.8 Å². The molecule has 2 amide bonds. The monoisotopic (exact) mass is 493 g/mol. The molecular formula is C22H21Cl2N3O4S. The normalized spacial score (nSPS) is 16.9. The molecule has 0 spiro atoms. The summed E-state index contributed by atoms with van der Waals surface area (Å²) in [5.41, 5.74) is 7.07. The number of phenols is 1. The molecule has 1 aromatic heterocycles. The second-order valence-corrected chi connectivity index (χ2v) is 9.56. The molecule has 168 valence electrons. The average Bonchev–Trinajstić information content (AvgIpc) is 3.10. The maximum absolute atomic E-state index is 12.8. The van der Waals surface area contributed by atoms with E-state index in [1.54, 1.807) is 12.1 Å². The lowest BCUT2D eigenvalue weighted by atomic mass is 10.1. The number of hydrogen-bond donors (Lipinski definition) is 4. The van der Waals surface area contributed by atoms with Crippen LogP contribution in [0.4, 0.5) is 5.00 Å².